The molecule has 0 radical (unpaired) electrons. The zero-order valence-corrected chi connectivity index (χ0v) is 21.1. The van der Waals surface area contributed by atoms with Gasteiger partial charge in [-0.2, -0.15) is 5.26 Å². The highest BCUT2D eigenvalue weighted by molar-refractivity contribution is 5.86. The van der Waals surface area contributed by atoms with Crippen LogP contribution in [0.15, 0.2) is 55.0 Å². The molecule has 0 saturated heterocycles. The molecule has 38 heavy (non-hydrogen) atoms. The van der Waals surface area contributed by atoms with Gasteiger partial charge in [-0.15, -0.1) is 0 Å². The van der Waals surface area contributed by atoms with Gasteiger partial charge in [0, 0.05) is 31.0 Å². The number of nitriles is 1. The summed E-state index contributed by atoms with van der Waals surface area (Å²) in [5, 5.41) is 11.8. The smallest absolute Gasteiger partial charge is 0.391 e. The van der Waals surface area contributed by atoms with Gasteiger partial charge in [0.15, 0.2) is 0 Å². The number of benzene rings is 1. The van der Waals surface area contributed by atoms with E-state index in [9.17, 15) is 4.79 Å². The molecule has 1 N–H and O–H groups in total. The zero-order valence-electron chi connectivity index (χ0n) is 21.1. The van der Waals surface area contributed by atoms with E-state index in [1.165, 1.54) is 12.3 Å². The van der Waals surface area contributed by atoms with Crippen molar-refractivity contribution in [1.29, 1.82) is 5.26 Å². The lowest BCUT2D eigenvalue weighted by Gasteiger charge is -2.28. The number of pyridine rings is 2. The topological polar surface area (TPSA) is 115 Å². The Labute approximate surface area is 220 Å². The van der Waals surface area contributed by atoms with Crippen molar-refractivity contribution in [3.8, 4) is 23.2 Å². The number of hydrogen-bond acceptors (Lipinski definition) is 7. The van der Waals surface area contributed by atoms with Gasteiger partial charge in [0.05, 0.1) is 40.8 Å². The number of methoxy groups -OCH3 is 1. The number of fused-ring (bicyclic) bond motifs is 1. The van der Waals surface area contributed by atoms with Crippen molar-refractivity contribution in [3.63, 3.8) is 0 Å². The van der Waals surface area contributed by atoms with E-state index < -0.39 is 6.09 Å². The molecule has 9 heteroatoms. The number of nitrogens with zero attached hydrogens (tertiary/aromatic N) is 5. The van der Waals surface area contributed by atoms with Gasteiger partial charge in [0.1, 0.15) is 5.82 Å². The van der Waals surface area contributed by atoms with Gasteiger partial charge in [-0.25, -0.2) is 19.7 Å². The average molecular weight is 509 g/mol. The summed E-state index contributed by atoms with van der Waals surface area (Å²) in [6.45, 7) is 0. The van der Waals surface area contributed by atoms with Crippen LogP contribution >= 0.6 is 0 Å². The highest BCUT2D eigenvalue weighted by Crippen LogP contribution is 2.42. The normalized spacial score (nSPS) is 19.2. The third-order valence-corrected chi connectivity index (χ3v) is 7.43. The third-order valence-electron chi connectivity index (χ3n) is 7.43. The van der Waals surface area contributed by atoms with Crippen LogP contribution in [-0.2, 0) is 4.74 Å². The summed E-state index contributed by atoms with van der Waals surface area (Å²) in [5.74, 6) is 0.934. The van der Waals surface area contributed by atoms with Crippen LogP contribution < -0.4 is 10.1 Å². The molecular formula is C29H28N6O3. The Kier molecular flexibility index (Phi) is 6.48. The fourth-order valence-corrected chi connectivity index (χ4v) is 5.21. The second-order valence-electron chi connectivity index (χ2n) is 9.98. The van der Waals surface area contributed by atoms with E-state index in [1.54, 1.807) is 13.2 Å². The van der Waals surface area contributed by atoms with Crippen molar-refractivity contribution >= 4 is 22.9 Å². The SMILES string of the molecule is COC1CCC(n2cnc3ccc(-c4cc(C5CC5)cc(NC(=O)Oc5cc(C#N)ccn5)n4)cc32)CC1. The molecule has 2 saturated carbocycles. The first-order valence-electron chi connectivity index (χ1n) is 13.0. The molecule has 2 aliphatic rings. The highest BCUT2D eigenvalue weighted by atomic mass is 16.6. The summed E-state index contributed by atoms with van der Waals surface area (Å²) < 4.78 is 13.1. The number of ether oxygens (including phenoxy) is 2. The molecule has 3 aromatic heterocycles. The number of anilines is 1. The maximum absolute atomic E-state index is 12.6. The predicted octanol–water partition coefficient (Wildman–Crippen LogP) is 5.98. The predicted molar refractivity (Wildman–Crippen MR) is 142 cm³/mol. The molecule has 0 bridgehead atoms. The summed E-state index contributed by atoms with van der Waals surface area (Å²) in [7, 11) is 1.79. The summed E-state index contributed by atoms with van der Waals surface area (Å²) in [6, 6.07) is 15.6. The molecule has 3 heterocycles. The van der Waals surface area contributed by atoms with Crippen molar-refractivity contribution in [3.05, 3.63) is 66.1 Å². The van der Waals surface area contributed by atoms with Gasteiger partial charge < -0.3 is 14.0 Å². The van der Waals surface area contributed by atoms with Crippen molar-refractivity contribution in [2.75, 3.05) is 12.4 Å². The number of hydrogen-bond donors (Lipinski definition) is 1. The lowest BCUT2D eigenvalue weighted by atomic mass is 9.92. The number of amides is 1. The van der Waals surface area contributed by atoms with E-state index in [2.05, 4.69) is 32.0 Å². The van der Waals surface area contributed by atoms with Crippen LogP contribution in [0, 0.1) is 11.3 Å². The second kappa shape index (κ2) is 10.2. The van der Waals surface area contributed by atoms with Gasteiger partial charge in [0.25, 0.3) is 0 Å². The number of imidazole rings is 1. The highest BCUT2D eigenvalue weighted by Gasteiger charge is 2.26. The fourth-order valence-electron chi connectivity index (χ4n) is 5.21. The Morgan fingerprint density at radius 1 is 1.05 bits per heavy atom. The van der Waals surface area contributed by atoms with Crippen LogP contribution in [0.3, 0.4) is 0 Å². The molecule has 2 fully saturated rings. The maximum Gasteiger partial charge on any atom is 0.419 e. The van der Waals surface area contributed by atoms with Crippen molar-refractivity contribution in [2.24, 2.45) is 0 Å². The third kappa shape index (κ3) is 5.08. The lowest BCUT2D eigenvalue weighted by Crippen LogP contribution is -2.22. The van der Waals surface area contributed by atoms with Crippen molar-refractivity contribution in [2.45, 2.75) is 56.6 Å². The quantitative estimate of drug-likeness (QED) is 0.340. The van der Waals surface area contributed by atoms with Crippen LogP contribution in [0.1, 0.15) is 61.6 Å². The molecule has 0 atom stereocenters. The summed E-state index contributed by atoms with van der Waals surface area (Å²) in [5.41, 5.74) is 5.29. The number of carbonyl (C=O) groups is 1. The number of rotatable bonds is 6. The molecule has 192 valence electrons. The molecule has 0 unspecified atom stereocenters. The Morgan fingerprint density at radius 2 is 1.89 bits per heavy atom. The number of aromatic nitrogens is 4. The molecule has 1 aromatic carbocycles. The van der Waals surface area contributed by atoms with Gasteiger partial charge in [-0.05, 0) is 80.3 Å². The largest absolute Gasteiger partial charge is 0.419 e. The minimum Gasteiger partial charge on any atom is -0.391 e. The monoisotopic (exact) mass is 508 g/mol. The first-order valence-corrected chi connectivity index (χ1v) is 13.0. The van der Waals surface area contributed by atoms with Crippen LogP contribution in [-0.4, -0.2) is 38.8 Å². The van der Waals surface area contributed by atoms with Crippen molar-refractivity contribution < 1.29 is 14.3 Å². The van der Waals surface area contributed by atoms with Gasteiger partial charge in [0.2, 0.25) is 5.88 Å². The van der Waals surface area contributed by atoms with E-state index in [-0.39, 0.29) is 5.88 Å². The van der Waals surface area contributed by atoms with Crippen LogP contribution in [0.25, 0.3) is 22.3 Å². The van der Waals surface area contributed by atoms with E-state index in [0.717, 1.165) is 66.4 Å². The standard InChI is InChI=1S/C29H28N6O3/c1-37-23-7-5-22(6-8-23)35-17-32-24-9-4-20(14-26(24)35)25-13-21(19-2-3-19)15-27(33-25)34-29(36)38-28-12-18(16-30)10-11-31-28/h4,9-15,17,19,22-23H,2-3,5-8H2,1H3,(H,33,34,36). The lowest BCUT2D eigenvalue weighted by molar-refractivity contribution is 0.0589. The van der Waals surface area contributed by atoms with Gasteiger partial charge >= 0.3 is 6.09 Å². The molecule has 1 amide bonds. The maximum atomic E-state index is 12.6. The Hall–Kier alpha value is -4.29. The molecule has 9 nitrogen and oxygen atoms in total. The van der Waals surface area contributed by atoms with Gasteiger partial charge in [-0.1, -0.05) is 6.07 Å². The Balaban J connectivity index is 1.27. The van der Waals surface area contributed by atoms with E-state index in [0.29, 0.717) is 29.4 Å². The minimum absolute atomic E-state index is 0.0540. The average Bonchev–Trinajstić information content (AvgIpc) is 3.72. The van der Waals surface area contributed by atoms with Crippen LogP contribution in [0.4, 0.5) is 10.6 Å². The van der Waals surface area contributed by atoms with Gasteiger partial charge in [-0.3, -0.25) is 5.32 Å². The van der Waals surface area contributed by atoms with E-state index in [1.807, 2.05) is 30.6 Å². The van der Waals surface area contributed by atoms with Crippen molar-refractivity contribution in [1.82, 2.24) is 19.5 Å². The first kappa shape index (κ1) is 24.1. The summed E-state index contributed by atoms with van der Waals surface area (Å²) >= 11 is 0. The second-order valence-corrected chi connectivity index (χ2v) is 9.98. The molecule has 6 rings (SSSR count). The molecule has 0 aliphatic heterocycles. The summed E-state index contributed by atoms with van der Waals surface area (Å²) in [6.07, 6.45) is 9.46. The fraction of sp³-hybridized carbons (Fsp3) is 0.345. The Bertz CT molecular complexity index is 1530. The van der Waals surface area contributed by atoms with E-state index >= 15 is 0 Å². The van der Waals surface area contributed by atoms with Crippen LogP contribution in [0.2, 0.25) is 0 Å². The molecule has 0 spiro atoms. The van der Waals surface area contributed by atoms with E-state index in [4.69, 9.17) is 19.7 Å². The number of carbonyl (C=O) groups excluding carboxylic acids is 1. The molecular weight excluding hydrogens is 480 g/mol. The van der Waals surface area contributed by atoms with Crippen LogP contribution in [0.5, 0.6) is 5.88 Å². The minimum atomic E-state index is -0.709. The zero-order chi connectivity index (χ0) is 26.1. The Morgan fingerprint density at radius 3 is 2.66 bits per heavy atom. The number of nitrogens with one attached hydrogen (secondary N) is 1. The first-order chi connectivity index (χ1) is 18.6. The molecule has 2 aliphatic carbocycles. The summed E-state index contributed by atoms with van der Waals surface area (Å²) in [4.78, 5) is 26.0. The molecule has 4 aromatic rings.